The largest absolute Gasteiger partial charge is 0.395 e. The van der Waals surface area contributed by atoms with E-state index in [9.17, 15) is 13.6 Å². The number of carbonyl (C=O) groups excluding carboxylic acids is 1. The summed E-state index contributed by atoms with van der Waals surface area (Å²) >= 11 is 0. The Morgan fingerprint density at radius 3 is 2.71 bits per heavy atom. The summed E-state index contributed by atoms with van der Waals surface area (Å²) in [6, 6.07) is 3.72. The molecule has 5 heteroatoms. The second-order valence-electron chi connectivity index (χ2n) is 3.68. The minimum absolute atomic E-state index is 0.0884. The van der Waals surface area contributed by atoms with Crippen LogP contribution in [0.2, 0.25) is 0 Å². The molecule has 0 saturated heterocycles. The molecular weight excluding hydrogens is 228 g/mol. The number of halogens is 2. The van der Waals surface area contributed by atoms with Crippen LogP contribution in [0, 0.1) is 11.6 Å². The van der Waals surface area contributed by atoms with Crippen LogP contribution in [0.3, 0.4) is 0 Å². The highest BCUT2D eigenvalue weighted by Gasteiger charge is 2.04. The zero-order valence-corrected chi connectivity index (χ0v) is 9.38. The third-order valence-electron chi connectivity index (χ3n) is 2.29. The molecule has 0 unspecified atom stereocenters. The molecule has 0 radical (unpaired) electrons. The molecule has 0 aliphatic carbocycles. The fourth-order valence-corrected chi connectivity index (χ4v) is 1.43. The van der Waals surface area contributed by atoms with E-state index in [1.165, 1.54) is 6.07 Å². The minimum atomic E-state index is -0.868. The molecule has 1 rings (SSSR count). The van der Waals surface area contributed by atoms with E-state index >= 15 is 0 Å². The van der Waals surface area contributed by atoms with Crippen LogP contribution in [0.1, 0.15) is 18.4 Å². The molecule has 17 heavy (non-hydrogen) atoms. The van der Waals surface area contributed by atoms with Gasteiger partial charge < -0.3 is 10.4 Å². The van der Waals surface area contributed by atoms with Gasteiger partial charge in [0.05, 0.1) is 6.61 Å². The van der Waals surface area contributed by atoms with Gasteiger partial charge in [-0.3, -0.25) is 4.79 Å². The fraction of sp³-hybridized carbons (Fsp3) is 0.417. The van der Waals surface area contributed by atoms with Gasteiger partial charge in [0.25, 0.3) is 0 Å². The summed E-state index contributed by atoms with van der Waals surface area (Å²) in [5.74, 6) is -1.89. The van der Waals surface area contributed by atoms with E-state index < -0.39 is 11.6 Å². The summed E-state index contributed by atoms with van der Waals surface area (Å²) < 4.78 is 25.5. The van der Waals surface area contributed by atoms with E-state index in [4.69, 9.17) is 5.11 Å². The molecule has 0 heterocycles. The normalized spacial score (nSPS) is 10.3. The van der Waals surface area contributed by atoms with Gasteiger partial charge in [0, 0.05) is 13.0 Å². The molecular formula is C12H15F2NO2. The Morgan fingerprint density at radius 1 is 1.29 bits per heavy atom. The van der Waals surface area contributed by atoms with Crippen molar-refractivity contribution in [1.29, 1.82) is 0 Å². The smallest absolute Gasteiger partial charge is 0.220 e. The van der Waals surface area contributed by atoms with Gasteiger partial charge >= 0.3 is 0 Å². The van der Waals surface area contributed by atoms with Crippen LogP contribution in [0.5, 0.6) is 0 Å². The van der Waals surface area contributed by atoms with Gasteiger partial charge in [-0.05, 0) is 30.5 Å². The number of benzene rings is 1. The zero-order chi connectivity index (χ0) is 12.7. The average Bonchev–Trinajstić information content (AvgIpc) is 2.31. The Bertz CT molecular complexity index is 383. The summed E-state index contributed by atoms with van der Waals surface area (Å²) in [5, 5.41) is 11.0. The number of aliphatic hydroxyl groups excluding tert-OH is 1. The Balaban J connectivity index is 2.30. The molecule has 0 spiro atoms. The predicted molar refractivity (Wildman–Crippen MR) is 59.4 cm³/mol. The number of aryl methyl sites for hydroxylation is 1. The average molecular weight is 243 g/mol. The number of rotatable bonds is 6. The second-order valence-corrected chi connectivity index (χ2v) is 3.68. The van der Waals surface area contributed by atoms with Gasteiger partial charge in [-0.2, -0.15) is 0 Å². The molecule has 1 aromatic rings. The number of hydrogen-bond donors (Lipinski definition) is 2. The molecule has 0 aliphatic rings. The van der Waals surface area contributed by atoms with Crippen LogP contribution in [0.15, 0.2) is 18.2 Å². The van der Waals surface area contributed by atoms with Crippen LogP contribution in [-0.2, 0) is 11.2 Å². The molecule has 1 amide bonds. The number of nitrogens with one attached hydrogen (secondary N) is 1. The van der Waals surface area contributed by atoms with Crippen LogP contribution < -0.4 is 5.32 Å². The lowest BCUT2D eigenvalue weighted by Crippen LogP contribution is -2.26. The number of aliphatic hydroxyl groups is 1. The first-order chi connectivity index (χ1) is 8.13. The van der Waals surface area contributed by atoms with Crippen molar-refractivity contribution in [3.63, 3.8) is 0 Å². The van der Waals surface area contributed by atoms with E-state index in [0.29, 0.717) is 24.8 Å². The van der Waals surface area contributed by atoms with Gasteiger partial charge in [0.15, 0.2) is 11.6 Å². The Labute approximate surface area is 98.5 Å². The van der Waals surface area contributed by atoms with E-state index in [1.807, 2.05) is 0 Å². The van der Waals surface area contributed by atoms with E-state index in [-0.39, 0.29) is 19.1 Å². The van der Waals surface area contributed by atoms with Gasteiger partial charge in [0.1, 0.15) is 0 Å². The lowest BCUT2D eigenvalue weighted by Gasteiger charge is -2.04. The molecule has 2 N–H and O–H groups in total. The Morgan fingerprint density at radius 2 is 2.06 bits per heavy atom. The first-order valence-electron chi connectivity index (χ1n) is 5.45. The third kappa shape index (κ3) is 4.91. The lowest BCUT2D eigenvalue weighted by atomic mass is 10.1. The minimum Gasteiger partial charge on any atom is -0.395 e. The van der Waals surface area contributed by atoms with E-state index in [2.05, 4.69) is 5.32 Å². The third-order valence-corrected chi connectivity index (χ3v) is 2.29. The molecule has 1 aromatic carbocycles. The first-order valence-corrected chi connectivity index (χ1v) is 5.45. The van der Waals surface area contributed by atoms with Gasteiger partial charge in [0.2, 0.25) is 5.91 Å². The summed E-state index contributed by atoms with van der Waals surface area (Å²) in [7, 11) is 0. The van der Waals surface area contributed by atoms with Crippen molar-refractivity contribution in [2.45, 2.75) is 19.3 Å². The van der Waals surface area contributed by atoms with Crippen molar-refractivity contribution in [2.24, 2.45) is 0 Å². The fourth-order valence-electron chi connectivity index (χ4n) is 1.43. The first kappa shape index (κ1) is 13.6. The summed E-state index contributed by atoms with van der Waals surface area (Å²) in [4.78, 5) is 11.2. The van der Waals surface area contributed by atoms with E-state index in [0.717, 1.165) is 12.1 Å². The van der Waals surface area contributed by atoms with Crippen LogP contribution in [-0.4, -0.2) is 24.2 Å². The molecule has 0 bridgehead atoms. The van der Waals surface area contributed by atoms with Crippen molar-refractivity contribution in [2.75, 3.05) is 13.2 Å². The SMILES string of the molecule is O=C(CCCc1ccc(F)c(F)c1)NCCO. The maximum absolute atomic E-state index is 12.8. The zero-order valence-electron chi connectivity index (χ0n) is 9.38. The number of hydrogen-bond acceptors (Lipinski definition) is 2. The second kappa shape index (κ2) is 6.96. The van der Waals surface area contributed by atoms with Gasteiger partial charge in [-0.1, -0.05) is 6.07 Å². The highest BCUT2D eigenvalue weighted by atomic mass is 19.2. The molecule has 0 saturated carbocycles. The van der Waals surface area contributed by atoms with Crippen LogP contribution in [0.25, 0.3) is 0 Å². The van der Waals surface area contributed by atoms with Crippen molar-refractivity contribution in [1.82, 2.24) is 5.32 Å². The topological polar surface area (TPSA) is 49.3 Å². The van der Waals surface area contributed by atoms with Crippen LogP contribution >= 0.6 is 0 Å². The highest BCUT2D eigenvalue weighted by Crippen LogP contribution is 2.11. The Hall–Kier alpha value is -1.49. The van der Waals surface area contributed by atoms with Gasteiger partial charge in [-0.25, -0.2) is 8.78 Å². The number of amides is 1. The quantitative estimate of drug-likeness (QED) is 0.793. The lowest BCUT2D eigenvalue weighted by molar-refractivity contribution is -0.121. The molecule has 94 valence electrons. The predicted octanol–water partition coefficient (Wildman–Crippen LogP) is 1.40. The van der Waals surface area contributed by atoms with Crippen molar-refractivity contribution < 1.29 is 18.7 Å². The summed E-state index contributed by atoms with van der Waals surface area (Å²) in [6.07, 6.45) is 1.38. The van der Waals surface area contributed by atoms with E-state index in [1.54, 1.807) is 0 Å². The number of carbonyl (C=O) groups is 1. The summed E-state index contributed by atoms with van der Waals surface area (Å²) in [6.45, 7) is 0.152. The van der Waals surface area contributed by atoms with Crippen LogP contribution in [0.4, 0.5) is 8.78 Å². The van der Waals surface area contributed by atoms with Gasteiger partial charge in [-0.15, -0.1) is 0 Å². The van der Waals surface area contributed by atoms with Crippen molar-refractivity contribution in [3.05, 3.63) is 35.4 Å². The highest BCUT2D eigenvalue weighted by molar-refractivity contribution is 5.75. The molecule has 0 aliphatic heterocycles. The monoisotopic (exact) mass is 243 g/mol. The van der Waals surface area contributed by atoms with Crippen molar-refractivity contribution in [3.8, 4) is 0 Å². The maximum atomic E-state index is 12.8. The standard InChI is InChI=1S/C12H15F2NO2/c13-10-5-4-9(8-11(10)14)2-1-3-12(17)15-6-7-16/h4-5,8,16H,1-3,6-7H2,(H,15,17). The Kier molecular flexibility index (Phi) is 5.56. The summed E-state index contributed by atoms with van der Waals surface area (Å²) in [5.41, 5.74) is 0.666. The van der Waals surface area contributed by atoms with Crippen molar-refractivity contribution >= 4 is 5.91 Å². The molecule has 0 fully saturated rings. The molecule has 0 atom stereocenters. The maximum Gasteiger partial charge on any atom is 0.220 e. The molecule has 3 nitrogen and oxygen atoms in total. The molecule has 0 aromatic heterocycles.